The van der Waals surface area contributed by atoms with Crippen molar-refractivity contribution in [3.05, 3.63) is 29.6 Å². The predicted octanol–water partition coefficient (Wildman–Crippen LogP) is 1.32. The summed E-state index contributed by atoms with van der Waals surface area (Å²) < 4.78 is 36.0. The summed E-state index contributed by atoms with van der Waals surface area (Å²) in [5.41, 5.74) is 4.77. The maximum absolute atomic E-state index is 13.3. The van der Waals surface area contributed by atoms with Crippen molar-refractivity contribution in [3.8, 4) is 0 Å². The van der Waals surface area contributed by atoms with Crippen LogP contribution in [0.3, 0.4) is 0 Å². The van der Waals surface area contributed by atoms with Crippen LogP contribution >= 0.6 is 0 Å². The van der Waals surface area contributed by atoms with Gasteiger partial charge < -0.3 is 5.32 Å². The number of amides is 3. The Morgan fingerprint density at radius 2 is 1.96 bits per heavy atom. The Balaban J connectivity index is 1.98. The average molecular weight is 343 g/mol. The van der Waals surface area contributed by atoms with Gasteiger partial charge in [0.05, 0.1) is 5.75 Å². The molecular weight excluding hydrogens is 325 g/mol. The molecule has 126 valence electrons. The normalized spacial score (nSPS) is 14.7. The molecule has 1 aliphatic carbocycles. The molecule has 1 fully saturated rings. The average Bonchev–Trinajstić information content (AvgIpc) is 2.36. The SMILES string of the molecule is CS(=O)(=O)Cc1cc(F)ccc1NC(=O)NNC(=O)C1CCC1. The van der Waals surface area contributed by atoms with Gasteiger partial charge >= 0.3 is 6.03 Å². The number of hydrogen-bond donors (Lipinski definition) is 3. The fourth-order valence-electron chi connectivity index (χ4n) is 2.13. The van der Waals surface area contributed by atoms with E-state index in [1.165, 1.54) is 6.07 Å². The van der Waals surface area contributed by atoms with Crippen molar-refractivity contribution in [3.63, 3.8) is 0 Å². The van der Waals surface area contributed by atoms with Crippen molar-refractivity contribution < 1.29 is 22.4 Å². The molecule has 0 unspecified atom stereocenters. The molecule has 1 aromatic rings. The molecule has 23 heavy (non-hydrogen) atoms. The molecule has 0 aromatic heterocycles. The van der Waals surface area contributed by atoms with Gasteiger partial charge in [-0.3, -0.25) is 10.2 Å². The highest BCUT2D eigenvalue weighted by Gasteiger charge is 2.25. The van der Waals surface area contributed by atoms with Crippen LogP contribution in [0.4, 0.5) is 14.9 Å². The van der Waals surface area contributed by atoms with Gasteiger partial charge in [0.15, 0.2) is 9.84 Å². The number of sulfone groups is 1. The number of hydrogen-bond acceptors (Lipinski definition) is 4. The standard InChI is InChI=1S/C14H18FN3O4S/c1-23(21,22)8-10-7-11(15)5-6-12(10)16-14(20)18-17-13(19)9-3-2-4-9/h5-7,9H,2-4,8H2,1H3,(H,17,19)(H2,16,18,20). The van der Waals surface area contributed by atoms with Crippen LogP contribution in [0.2, 0.25) is 0 Å². The zero-order valence-electron chi connectivity index (χ0n) is 12.6. The molecule has 0 aliphatic heterocycles. The lowest BCUT2D eigenvalue weighted by molar-refractivity contribution is -0.128. The van der Waals surface area contributed by atoms with Crippen molar-refractivity contribution in [1.82, 2.24) is 10.9 Å². The first-order chi connectivity index (χ1) is 10.7. The lowest BCUT2D eigenvalue weighted by atomic mass is 9.85. The number of anilines is 1. The molecule has 0 bridgehead atoms. The summed E-state index contributed by atoms with van der Waals surface area (Å²) in [6.45, 7) is 0. The maximum atomic E-state index is 13.3. The van der Waals surface area contributed by atoms with Gasteiger partial charge in [-0.25, -0.2) is 23.0 Å². The van der Waals surface area contributed by atoms with E-state index in [-0.39, 0.29) is 23.1 Å². The van der Waals surface area contributed by atoms with Crippen molar-refractivity contribution in [2.75, 3.05) is 11.6 Å². The fraction of sp³-hybridized carbons (Fsp3) is 0.429. The minimum absolute atomic E-state index is 0.0816. The summed E-state index contributed by atoms with van der Waals surface area (Å²) in [5, 5.41) is 2.39. The lowest BCUT2D eigenvalue weighted by Crippen LogP contribution is -2.47. The minimum atomic E-state index is -3.39. The Kier molecular flexibility index (Phi) is 5.19. The summed E-state index contributed by atoms with van der Waals surface area (Å²) in [5.74, 6) is -1.36. The highest BCUT2D eigenvalue weighted by atomic mass is 32.2. The second-order valence-electron chi connectivity index (χ2n) is 5.57. The van der Waals surface area contributed by atoms with Crippen LogP contribution in [0.5, 0.6) is 0 Å². The van der Waals surface area contributed by atoms with Gasteiger partial charge in [-0.05, 0) is 36.6 Å². The minimum Gasteiger partial charge on any atom is -0.306 e. The van der Waals surface area contributed by atoms with Crippen molar-refractivity contribution in [2.24, 2.45) is 5.92 Å². The van der Waals surface area contributed by atoms with Crippen LogP contribution in [0.1, 0.15) is 24.8 Å². The van der Waals surface area contributed by atoms with Gasteiger partial charge in [0.1, 0.15) is 5.82 Å². The lowest BCUT2D eigenvalue weighted by Gasteiger charge is -2.24. The van der Waals surface area contributed by atoms with Crippen LogP contribution in [0, 0.1) is 11.7 Å². The Hall–Kier alpha value is -2.16. The van der Waals surface area contributed by atoms with Crippen LogP contribution < -0.4 is 16.2 Å². The topological polar surface area (TPSA) is 104 Å². The molecule has 7 nitrogen and oxygen atoms in total. The van der Waals surface area contributed by atoms with E-state index in [4.69, 9.17) is 0 Å². The number of nitrogens with one attached hydrogen (secondary N) is 3. The summed E-state index contributed by atoms with van der Waals surface area (Å²) in [7, 11) is -3.39. The molecule has 2 rings (SSSR count). The third-order valence-electron chi connectivity index (χ3n) is 3.51. The van der Waals surface area contributed by atoms with Gasteiger partial charge in [0, 0.05) is 17.9 Å². The summed E-state index contributed by atoms with van der Waals surface area (Å²) in [4.78, 5) is 23.4. The fourth-order valence-corrected chi connectivity index (χ4v) is 2.93. The quantitative estimate of drug-likeness (QED) is 0.717. The number of carbonyl (C=O) groups excluding carboxylic acids is 2. The molecule has 1 aromatic carbocycles. The van der Waals surface area contributed by atoms with Gasteiger partial charge in [0.25, 0.3) is 0 Å². The van der Waals surface area contributed by atoms with E-state index in [0.717, 1.165) is 37.7 Å². The Bertz CT molecular complexity index is 717. The Labute approximate surface area is 133 Å². The second kappa shape index (κ2) is 6.95. The van der Waals surface area contributed by atoms with E-state index in [1.807, 2.05) is 0 Å². The third kappa shape index (κ3) is 5.20. The molecule has 9 heteroatoms. The van der Waals surface area contributed by atoms with Crippen LogP contribution in [0.15, 0.2) is 18.2 Å². The number of benzene rings is 1. The molecule has 1 saturated carbocycles. The van der Waals surface area contributed by atoms with Crippen LogP contribution in [-0.4, -0.2) is 26.6 Å². The Morgan fingerprint density at radius 3 is 2.52 bits per heavy atom. The van der Waals surface area contributed by atoms with E-state index >= 15 is 0 Å². The van der Waals surface area contributed by atoms with Crippen molar-refractivity contribution in [2.45, 2.75) is 25.0 Å². The number of urea groups is 1. The van der Waals surface area contributed by atoms with Gasteiger partial charge in [0.2, 0.25) is 5.91 Å². The number of carbonyl (C=O) groups is 2. The molecule has 0 heterocycles. The summed E-state index contributed by atoms with van der Waals surface area (Å²) in [6.07, 6.45) is 3.60. The Morgan fingerprint density at radius 1 is 1.26 bits per heavy atom. The number of rotatable bonds is 4. The van der Waals surface area contributed by atoms with Crippen molar-refractivity contribution >= 4 is 27.5 Å². The molecule has 3 amide bonds. The smallest absolute Gasteiger partial charge is 0.306 e. The van der Waals surface area contributed by atoms with E-state index < -0.39 is 27.4 Å². The molecule has 3 N–H and O–H groups in total. The van der Waals surface area contributed by atoms with E-state index in [2.05, 4.69) is 16.2 Å². The molecular formula is C14H18FN3O4S. The van der Waals surface area contributed by atoms with E-state index in [0.29, 0.717) is 0 Å². The van der Waals surface area contributed by atoms with Gasteiger partial charge in [-0.15, -0.1) is 0 Å². The number of hydrazine groups is 1. The molecule has 1 aliphatic rings. The van der Waals surface area contributed by atoms with Gasteiger partial charge in [-0.2, -0.15) is 0 Å². The van der Waals surface area contributed by atoms with Gasteiger partial charge in [-0.1, -0.05) is 6.42 Å². The molecule has 0 radical (unpaired) electrons. The highest BCUT2D eigenvalue weighted by molar-refractivity contribution is 7.89. The first kappa shape index (κ1) is 17.2. The maximum Gasteiger partial charge on any atom is 0.337 e. The number of halogens is 1. The monoisotopic (exact) mass is 343 g/mol. The zero-order valence-corrected chi connectivity index (χ0v) is 13.4. The summed E-state index contributed by atoms with van der Waals surface area (Å²) >= 11 is 0. The second-order valence-corrected chi connectivity index (χ2v) is 7.71. The van der Waals surface area contributed by atoms with Crippen LogP contribution in [0.25, 0.3) is 0 Å². The predicted molar refractivity (Wildman–Crippen MR) is 82.6 cm³/mol. The van der Waals surface area contributed by atoms with Crippen molar-refractivity contribution in [1.29, 1.82) is 0 Å². The van der Waals surface area contributed by atoms with E-state index in [9.17, 15) is 22.4 Å². The first-order valence-corrected chi connectivity index (χ1v) is 9.13. The van der Waals surface area contributed by atoms with Crippen LogP contribution in [-0.2, 0) is 20.4 Å². The zero-order chi connectivity index (χ0) is 17.0. The molecule has 0 atom stereocenters. The highest BCUT2D eigenvalue weighted by Crippen LogP contribution is 2.25. The first-order valence-electron chi connectivity index (χ1n) is 7.07. The van der Waals surface area contributed by atoms with E-state index in [1.54, 1.807) is 0 Å². The summed E-state index contributed by atoms with van der Waals surface area (Å²) in [6, 6.07) is 2.68. The molecule has 0 spiro atoms. The largest absolute Gasteiger partial charge is 0.337 e. The third-order valence-corrected chi connectivity index (χ3v) is 4.34. The molecule has 0 saturated heterocycles.